The van der Waals surface area contributed by atoms with Gasteiger partial charge in [-0.05, 0) is 29.7 Å². The van der Waals surface area contributed by atoms with Crippen molar-refractivity contribution in [2.24, 2.45) is 0 Å². The van der Waals surface area contributed by atoms with E-state index in [0.717, 1.165) is 24.1 Å². The Morgan fingerprint density at radius 2 is 2.07 bits per heavy atom. The molecule has 1 N–H and O–H groups in total. The van der Waals surface area contributed by atoms with Gasteiger partial charge in [0, 0.05) is 46.0 Å². The van der Waals surface area contributed by atoms with Crippen LogP contribution in [0.1, 0.15) is 23.1 Å². The lowest BCUT2D eigenvalue weighted by molar-refractivity contribution is 0.185. The van der Waals surface area contributed by atoms with Crippen molar-refractivity contribution in [1.82, 2.24) is 15.2 Å². The summed E-state index contributed by atoms with van der Waals surface area (Å²) in [6.07, 6.45) is 2.53. The molecule has 2 heterocycles. The van der Waals surface area contributed by atoms with Gasteiger partial charge in [-0.1, -0.05) is 24.3 Å². The number of urea groups is 1. The van der Waals surface area contributed by atoms with Gasteiger partial charge in [0.1, 0.15) is 11.9 Å². The van der Waals surface area contributed by atoms with Crippen LogP contribution >= 0.6 is 0 Å². The number of carbonyl (C=O) groups excluding carboxylic acids is 1. The second kappa shape index (κ2) is 9.72. The molecule has 1 aromatic heterocycles. The smallest absolute Gasteiger partial charge is 0.317 e. The largest absolute Gasteiger partial charge is 0.380 e. The molecule has 7 heteroatoms. The summed E-state index contributed by atoms with van der Waals surface area (Å²) in [6, 6.07) is 13.7. The molecule has 1 fully saturated rings. The average molecular weight is 379 g/mol. The molecule has 146 valence electrons. The van der Waals surface area contributed by atoms with E-state index < -0.39 is 0 Å². The third-order valence-corrected chi connectivity index (χ3v) is 4.74. The first-order chi connectivity index (χ1) is 13.7. The Hall–Kier alpha value is -3.11. The molecule has 28 heavy (non-hydrogen) atoms. The third-order valence-electron chi connectivity index (χ3n) is 4.74. The van der Waals surface area contributed by atoms with Gasteiger partial charge >= 0.3 is 6.03 Å². The molecule has 1 aromatic carbocycles. The van der Waals surface area contributed by atoms with Crippen LogP contribution < -0.4 is 10.2 Å². The highest BCUT2D eigenvalue weighted by atomic mass is 16.5. The van der Waals surface area contributed by atoms with Gasteiger partial charge in [0.15, 0.2) is 0 Å². The van der Waals surface area contributed by atoms with Crippen LogP contribution in [0.4, 0.5) is 10.6 Å². The predicted octanol–water partition coefficient (Wildman–Crippen LogP) is 2.52. The number of aromatic nitrogens is 1. The molecule has 0 radical (unpaired) electrons. The second-order valence-electron chi connectivity index (χ2n) is 6.73. The van der Waals surface area contributed by atoms with Gasteiger partial charge in [-0.25, -0.2) is 9.78 Å². The second-order valence-corrected chi connectivity index (χ2v) is 6.73. The topological polar surface area (TPSA) is 81.5 Å². The van der Waals surface area contributed by atoms with Crippen LogP contribution in [0.25, 0.3) is 0 Å². The SMILES string of the molecule is COCc1cccc(CNC(=O)N2CCCN(c3ncccc3C#N)CC2)c1. The minimum absolute atomic E-state index is 0.0690. The Labute approximate surface area is 165 Å². The molecule has 3 rings (SSSR count). The van der Waals surface area contributed by atoms with Gasteiger partial charge in [-0.15, -0.1) is 0 Å². The number of nitrogens with one attached hydrogen (secondary N) is 1. The van der Waals surface area contributed by atoms with E-state index in [0.29, 0.717) is 44.2 Å². The highest BCUT2D eigenvalue weighted by Gasteiger charge is 2.21. The Bertz CT molecular complexity index is 849. The van der Waals surface area contributed by atoms with Crippen molar-refractivity contribution in [3.63, 3.8) is 0 Å². The van der Waals surface area contributed by atoms with Crippen molar-refractivity contribution in [3.8, 4) is 6.07 Å². The molecule has 2 amide bonds. The number of hydrogen-bond donors (Lipinski definition) is 1. The van der Waals surface area contributed by atoms with Crippen LogP contribution in [-0.2, 0) is 17.9 Å². The van der Waals surface area contributed by atoms with E-state index in [1.165, 1.54) is 0 Å². The van der Waals surface area contributed by atoms with Crippen LogP contribution in [0.3, 0.4) is 0 Å². The first kappa shape index (κ1) is 19.6. The summed E-state index contributed by atoms with van der Waals surface area (Å²) in [7, 11) is 1.67. The van der Waals surface area contributed by atoms with E-state index in [1.807, 2.05) is 29.2 Å². The minimum Gasteiger partial charge on any atom is -0.380 e. The number of carbonyl (C=O) groups is 1. The Morgan fingerprint density at radius 3 is 2.89 bits per heavy atom. The standard InChI is InChI=1S/C21H25N5O2/c1-28-16-18-6-2-5-17(13-18)15-24-21(27)26-10-4-9-25(11-12-26)20-19(14-22)7-3-8-23-20/h2-3,5-8,13H,4,9-12,15-16H2,1H3,(H,24,27). The predicted molar refractivity (Wildman–Crippen MR) is 107 cm³/mol. The summed E-state index contributed by atoms with van der Waals surface area (Å²) in [5, 5.41) is 12.3. The van der Waals surface area contributed by atoms with Crippen molar-refractivity contribution in [2.75, 3.05) is 38.2 Å². The zero-order chi connectivity index (χ0) is 19.8. The van der Waals surface area contributed by atoms with Crippen molar-refractivity contribution >= 4 is 11.8 Å². The van der Waals surface area contributed by atoms with Crippen LogP contribution in [0, 0.1) is 11.3 Å². The molecule has 1 aliphatic heterocycles. The molecule has 0 saturated carbocycles. The highest BCUT2D eigenvalue weighted by Crippen LogP contribution is 2.18. The normalized spacial score (nSPS) is 14.3. The molecule has 1 saturated heterocycles. The number of pyridine rings is 1. The number of nitriles is 1. The number of nitrogens with zero attached hydrogens (tertiary/aromatic N) is 4. The molecular formula is C21H25N5O2. The molecule has 0 unspecified atom stereocenters. The first-order valence-electron chi connectivity index (χ1n) is 9.41. The van der Waals surface area contributed by atoms with Crippen molar-refractivity contribution in [1.29, 1.82) is 5.26 Å². The highest BCUT2D eigenvalue weighted by molar-refractivity contribution is 5.74. The van der Waals surface area contributed by atoms with Crippen molar-refractivity contribution in [3.05, 3.63) is 59.3 Å². The quantitative estimate of drug-likeness (QED) is 0.863. The molecule has 2 aromatic rings. The van der Waals surface area contributed by atoms with Crippen LogP contribution in [-0.4, -0.2) is 49.2 Å². The van der Waals surface area contributed by atoms with E-state index in [2.05, 4.69) is 21.3 Å². The summed E-state index contributed by atoms with van der Waals surface area (Å²) in [5.41, 5.74) is 2.70. The Kier molecular flexibility index (Phi) is 6.82. The fourth-order valence-electron chi connectivity index (χ4n) is 3.35. The molecule has 0 atom stereocenters. The fourth-order valence-corrected chi connectivity index (χ4v) is 3.35. The maximum absolute atomic E-state index is 12.6. The molecule has 1 aliphatic rings. The summed E-state index contributed by atoms with van der Waals surface area (Å²) < 4.78 is 5.16. The van der Waals surface area contributed by atoms with Crippen molar-refractivity contribution < 1.29 is 9.53 Å². The lowest BCUT2D eigenvalue weighted by Crippen LogP contribution is -2.41. The number of rotatable bonds is 5. The molecule has 0 bridgehead atoms. The lowest BCUT2D eigenvalue weighted by atomic mass is 10.1. The number of amides is 2. The monoisotopic (exact) mass is 379 g/mol. The zero-order valence-corrected chi connectivity index (χ0v) is 16.1. The van der Waals surface area contributed by atoms with E-state index in [9.17, 15) is 10.1 Å². The van der Waals surface area contributed by atoms with Gasteiger partial charge in [-0.3, -0.25) is 0 Å². The summed E-state index contributed by atoms with van der Waals surface area (Å²) in [6.45, 7) is 3.74. The first-order valence-corrected chi connectivity index (χ1v) is 9.41. The molecular weight excluding hydrogens is 354 g/mol. The Morgan fingerprint density at radius 1 is 1.21 bits per heavy atom. The summed E-state index contributed by atoms with van der Waals surface area (Å²) >= 11 is 0. The number of anilines is 1. The Balaban J connectivity index is 1.56. The van der Waals surface area contributed by atoms with Gasteiger partial charge in [-0.2, -0.15) is 5.26 Å². The summed E-state index contributed by atoms with van der Waals surface area (Å²) in [4.78, 5) is 20.9. The van der Waals surface area contributed by atoms with Crippen molar-refractivity contribution in [2.45, 2.75) is 19.6 Å². The van der Waals surface area contributed by atoms with Crippen LogP contribution in [0.2, 0.25) is 0 Å². The average Bonchev–Trinajstić information content (AvgIpc) is 2.99. The van der Waals surface area contributed by atoms with E-state index >= 15 is 0 Å². The third kappa shape index (κ3) is 4.99. The van der Waals surface area contributed by atoms with Crippen LogP contribution in [0.5, 0.6) is 0 Å². The number of ether oxygens (including phenoxy) is 1. The fraction of sp³-hybridized carbons (Fsp3) is 0.381. The number of benzene rings is 1. The number of methoxy groups -OCH3 is 1. The summed E-state index contributed by atoms with van der Waals surface area (Å²) in [5.74, 6) is 0.696. The molecule has 0 aliphatic carbocycles. The van der Waals surface area contributed by atoms with E-state index in [4.69, 9.17) is 4.74 Å². The van der Waals surface area contributed by atoms with E-state index in [1.54, 1.807) is 25.4 Å². The minimum atomic E-state index is -0.0690. The maximum Gasteiger partial charge on any atom is 0.317 e. The lowest BCUT2D eigenvalue weighted by Gasteiger charge is -2.23. The van der Waals surface area contributed by atoms with E-state index in [-0.39, 0.29) is 6.03 Å². The van der Waals surface area contributed by atoms with Gasteiger partial charge < -0.3 is 19.9 Å². The van der Waals surface area contributed by atoms with Gasteiger partial charge in [0.2, 0.25) is 0 Å². The zero-order valence-electron chi connectivity index (χ0n) is 16.1. The number of hydrogen-bond acceptors (Lipinski definition) is 5. The molecule has 0 spiro atoms. The maximum atomic E-state index is 12.6. The van der Waals surface area contributed by atoms with Gasteiger partial charge in [0.25, 0.3) is 0 Å². The van der Waals surface area contributed by atoms with Gasteiger partial charge in [0.05, 0.1) is 12.2 Å². The van der Waals surface area contributed by atoms with Crippen LogP contribution in [0.15, 0.2) is 42.6 Å². The molecule has 7 nitrogen and oxygen atoms in total.